The van der Waals surface area contributed by atoms with Gasteiger partial charge < -0.3 is 10.4 Å². The van der Waals surface area contributed by atoms with Crippen LogP contribution in [0.4, 0.5) is 0 Å². The summed E-state index contributed by atoms with van der Waals surface area (Å²) in [4.78, 5) is 11.5. The molecule has 0 aromatic heterocycles. The molecule has 0 spiro atoms. The van der Waals surface area contributed by atoms with E-state index in [1.165, 1.54) is 31.4 Å². The first-order valence-electron chi connectivity index (χ1n) is 9.24. The fraction of sp³-hybridized carbons (Fsp3) is 0.632. The van der Waals surface area contributed by atoms with Crippen LogP contribution in [0, 0.1) is 18.3 Å². The molecular formula is C19H29NO5S. The van der Waals surface area contributed by atoms with Crippen molar-refractivity contribution in [3.8, 4) is 0 Å². The van der Waals surface area contributed by atoms with Crippen LogP contribution in [0.2, 0.25) is 0 Å². The summed E-state index contributed by atoms with van der Waals surface area (Å²) in [5.41, 5.74) is 0.559. The lowest BCUT2D eigenvalue weighted by molar-refractivity contribution is -0.156. The minimum Gasteiger partial charge on any atom is -0.481 e. The van der Waals surface area contributed by atoms with Crippen LogP contribution < -0.4 is 5.32 Å². The summed E-state index contributed by atoms with van der Waals surface area (Å²) >= 11 is 0. The van der Waals surface area contributed by atoms with Gasteiger partial charge in [-0.05, 0) is 63.7 Å². The van der Waals surface area contributed by atoms with Crippen molar-refractivity contribution < 1.29 is 22.9 Å². The molecule has 2 fully saturated rings. The van der Waals surface area contributed by atoms with Crippen molar-refractivity contribution in [1.82, 2.24) is 5.32 Å². The summed E-state index contributed by atoms with van der Waals surface area (Å²) in [6.07, 6.45) is 7.67. The number of carbonyl (C=O) groups is 1. The Kier molecular flexibility index (Phi) is 7.20. The maximum atomic E-state index is 11.5. The Bertz CT molecular complexity index is 687. The molecule has 146 valence electrons. The van der Waals surface area contributed by atoms with Gasteiger partial charge in [-0.1, -0.05) is 37.0 Å². The van der Waals surface area contributed by atoms with Crippen molar-refractivity contribution >= 4 is 16.1 Å². The van der Waals surface area contributed by atoms with E-state index in [-0.39, 0.29) is 4.90 Å². The highest BCUT2D eigenvalue weighted by atomic mass is 32.2. The molecule has 26 heavy (non-hydrogen) atoms. The summed E-state index contributed by atoms with van der Waals surface area (Å²) in [7, 11) is -4.02. The molecule has 0 atom stereocenters. The van der Waals surface area contributed by atoms with Crippen LogP contribution in [0.1, 0.15) is 50.5 Å². The maximum Gasteiger partial charge on any atom is 0.310 e. The van der Waals surface area contributed by atoms with Crippen molar-refractivity contribution in [2.24, 2.45) is 11.3 Å². The molecule has 0 amide bonds. The quantitative estimate of drug-likeness (QED) is 0.692. The average Bonchev–Trinajstić information content (AvgIpc) is 2.63. The Hall–Kier alpha value is -1.44. The zero-order valence-electron chi connectivity index (χ0n) is 15.3. The van der Waals surface area contributed by atoms with E-state index in [0.717, 1.165) is 44.3 Å². The summed E-state index contributed by atoms with van der Waals surface area (Å²) in [5.74, 6) is -0.109. The van der Waals surface area contributed by atoms with Crippen molar-refractivity contribution in [2.75, 3.05) is 13.1 Å². The van der Waals surface area contributed by atoms with Gasteiger partial charge in [-0.3, -0.25) is 9.35 Å². The second kappa shape index (κ2) is 8.97. The zero-order chi connectivity index (χ0) is 19.2. The summed E-state index contributed by atoms with van der Waals surface area (Å²) in [5, 5.41) is 12.8. The lowest BCUT2D eigenvalue weighted by Crippen LogP contribution is -2.47. The Morgan fingerprint density at radius 1 is 1.08 bits per heavy atom. The predicted molar refractivity (Wildman–Crippen MR) is 99.7 cm³/mol. The smallest absolute Gasteiger partial charge is 0.310 e. The van der Waals surface area contributed by atoms with Crippen molar-refractivity contribution in [1.29, 1.82) is 0 Å². The van der Waals surface area contributed by atoms with E-state index < -0.39 is 21.5 Å². The van der Waals surface area contributed by atoms with Gasteiger partial charge in [-0.2, -0.15) is 8.42 Å². The molecule has 1 saturated heterocycles. The van der Waals surface area contributed by atoms with Gasteiger partial charge in [-0.15, -0.1) is 0 Å². The lowest BCUT2D eigenvalue weighted by atomic mass is 9.64. The maximum absolute atomic E-state index is 11.5. The average molecular weight is 384 g/mol. The lowest BCUT2D eigenvalue weighted by Gasteiger charge is -2.42. The van der Waals surface area contributed by atoms with E-state index in [0.29, 0.717) is 5.92 Å². The van der Waals surface area contributed by atoms with Crippen LogP contribution in [0.25, 0.3) is 0 Å². The molecule has 1 aliphatic heterocycles. The van der Waals surface area contributed by atoms with Crippen LogP contribution >= 0.6 is 0 Å². The number of carboxylic acids is 1. The molecule has 0 unspecified atom stereocenters. The molecule has 6 nitrogen and oxygen atoms in total. The number of rotatable bonds is 3. The van der Waals surface area contributed by atoms with Gasteiger partial charge in [0.1, 0.15) is 0 Å². The molecular weight excluding hydrogens is 354 g/mol. The van der Waals surface area contributed by atoms with Gasteiger partial charge in [0.15, 0.2) is 0 Å². The molecule has 1 aliphatic carbocycles. The Morgan fingerprint density at radius 2 is 1.62 bits per heavy atom. The minimum absolute atomic E-state index is 0.0666. The SMILES string of the molecule is Cc1ccc(S(=O)(=O)O)cc1.O=C(O)C1(C2CCCCC2)CCNCC1. The van der Waals surface area contributed by atoms with Gasteiger partial charge in [0, 0.05) is 0 Å². The normalized spacial score (nSPS) is 20.7. The second-order valence-corrected chi connectivity index (χ2v) is 8.76. The number of aliphatic carboxylic acids is 1. The number of piperidine rings is 1. The fourth-order valence-electron chi connectivity index (χ4n) is 4.04. The molecule has 2 aliphatic rings. The van der Waals surface area contributed by atoms with Gasteiger partial charge in [0.2, 0.25) is 0 Å². The highest BCUT2D eigenvalue weighted by Crippen LogP contribution is 2.44. The number of hydrogen-bond acceptors (Lipinski definition) is 4. The predicted octanol–water partition coefficient (Wildman–Crippen LogP) is 3.26. The van der Waals surface area contributed by atoms with Gasteiger partial charge in [0.25, 0.3) is 10.1 Å². The van der Waals surface area contributed by atoms with E-state index in [9.17, 15) is 18.3 Å². The molecule has 7 heteroatoms. The van der Waals surface area contributed by atoms with E-state index in [2.05, 4.69) is 5.32 Å². The number of carboxylic acid groups (broad SMARTS) is 1. The van der Waals surface area contributed by atoms with Gasteiger partial charge in [-0.25, -0.2) is 0 Å². The van der Waals surface area contributed by atoms with E-state index in [1.54, 1.807) is 12.1 Å². The zero-order valence-corrected chi connectivity index (χ0v) is 16.1. The molecule has 0 radical (unpaired) electrons. The number of aryl methyl sites for hydroxylation is 1. The third-order valence-electron chi connectivity index (χ3n) is 5.63. The van der Waals surface area contributed by atoms with E-state index in [1.807, 2.05) is 6.92 Å². The van der Waals surface area contributed by atoms with E-state index >= 15 is 0 Å². The Morgan fingerprint density at radius 3 is 2.08 bits per heavy atom. The molecule has 0 bridgehead atoms. The van der Waals surface area contributed by atoms with Crippen LogP contribution in [0.3, 0.4) is 0 Å². The van der Waals surface area contributed by atoms with Gasteiger partial charge in [0.05, 0.1) is 10.3 Å². The molecule has 1 aromatic rings. The standard InChI is InChI=1S/C12H21NO2.C7H8O3S/c14-11(15)12(6-8-13-9-7-12)10-4-2-1-3-5-10;1-6-2-4-7(5-3-6)11(8,9)10/h10,13H,1-9H2,(H,14,15);2-5H,1H3,(H,8,9,10). The monoisotopic (exact) mass is 383 g/mol. The summed E-state index contributed by atoms with van der Waals surface area (Å²) in [6, 6.07) is 5.99. The van der Waals surface area contributed by atoms with Gasteiger partial charge >= 0.3 is 5.97 Å². The van der Waals surface area contributed by atoms with Crippen molar-refractivity contribution in [3.05, 3.63) is 29.8 Å². The molecule has 1 aromatic carbocycles. The first-order valence-corrected chi connectivity index (χ1v) is 10.7. The Balaban J connectivity index is 0.000000197. The number of benzene rings is 1. The first kappa shape index (κ1) is 20.9. The summed E-state index contributed by atoms with van der Waals surface area (Å²) < 4.78 is 29.6. The fourth-order valence-corrected chi connectivity index (χ4v) is 4.52. The molecule has 3 rings (SSSR count). The highest BCUT2D eigenvalue weighted by molar-refractivity contribution is 7.85. The Labute approximate surface area is 155 Å². The first-order chi connectivity index (χ1) is 12.3. The van der Waals surface area contributed by atoms with Crippen LogP contribution in [0.5, 0.6) is 0 Å². The topological polar surface area (TPSA) is 104 Å². The molecule has 3 N–H and O–H groups in total. The highest BCUT2D eigenvalue weighted by Gasteiger charge is 2.46. The van der Waals surface area contributed by atoms with Crippen molar-refractivity contribution in [3.63, 3.8) is 0 Å². The van der Waals surface area contributed by atoms with Crippen LogP contribution in [-0.2, 0) is 14.9 Å². The third-order valence-corrected chi connectivity index (χ3v) is 6.50. The molecule has 1 heterocycles. The molecule has 1 saturated carbocycles. The van der Waals surface area contributed by atoms with Crippen LogP contribution in [0.15, 0.2) is 29.2 Å². The van der Waals surface area contributed by atoms with Crippen molar-refractivity contribution in [2.45, 2.75) is 56.8 Å². The minimum atomic E-state index is -4.02. The number of hydrogen-bond donors (Lipinski definition) is 3. The third kappa shape index (κ3) is 5.28. The van der Waals surface area contributed by atoms with E-state index in [4.69, 9.17) is 4.55 Å². The van der Waals surface area contributed by atoms with Crippen LogP contribution in [-0.4, -0.2) is 37.1 Å². The number of nitrogens with one attached hydrogen (secondary N) is 1. The second-order valence-electron chi connectivity index (χ2n) is 7.33. The summed E-state index contributed by atoms with van der Waals surface area (Å²) in [6.45, 7) is 3.60. The largest absolute Gasteiger partial charge is 0.481 e.